The van der Waals surface area contributed by atoms with Gasteiger partial charge in [0, 0.05) is 11.9 Å². The molecular weight excluding hydrogens is 382 g/mol. The summed E-state index contributed by atoms with van der Waals surface area (Å²) in [4.78, 5) is 23.2. The number of halogens is 1. The van der Waals surface area contributed by atoms with Crippen LogP contribution in [0.25, 0.3) is 0 Å². The fraction of sp³-hybridized carbons (Fsp3) is 0.125. The molecule has 0 bridgehead atoms. The maximum atomic E-state index is 11.9. The fourth-order valence-electron chi connectivity index (χ4n) is 1.53. The number of hydrogen-bond acceptors (Lipinski definition) is 6. The van der Waals surface area contributed by atoms with Gasteiger partial charge in [0.1, 0.15) is 6.54 Å². The smallest absolute Gasteiger partial charge is 0.321 e. The highest BCUT2D eigenvalue weighted by Gasteiger charge is 2.16. The minimum absolute atomic E-state index is 0.0128. The normalized spacial score (nSPS) is 12.0. The number of nitrogens with one attached hydrogen (secondary N) is 2. The number of ether oxygens (including phenoxy) is 1. The molecule has 1 rings (SSSR count). The largest absolute Gasteiger partial charge is 0.455 e. The molecule has 0 aliphatic heterocycles. The average Bonchev–Trinajstić information content (AvgIpc) is 2.63. The van der Waals surface area contributed by atoms with Crippen LogP contribution in [0.5, 0.6) is 0 Å². The Bertz CT molecular complexity index is 820. The standard InChI is InChI=1S/C16H18ClN3O5S/c1-12(7-8-13(17)9-18)20-15(21)11-25-16(22)10-19-26(23,24)14-5-3-2-4-6-14/h2-9,19H,1,10-11,18H2,(H,20,21)/b8-7-,13-9+. The van der Waals surface area contributed by atoms with Crippen LogP contribution in [-0.4, -0.2) is 33.4 Å². The van der Waals surface area contributed by atoms with E-state index >= 15 is 0 Å². The molecule has 26 heavy (non-hydrogen) atoms. The summed E-state index contributed by atoms with van der Waals surface area (Å²) in [5.74, 6) is -1.55. The van der Waals surface area contributed by atoms with Crippen LogP contribution in [0.1, 0.15) is 0 Å². The van der Waals surface area contributed by atoms with Gasteiger partial charge in [-0.15, -0.1) is 0 Å². The van der Waals surface area contributed by atoms with Crippen molar-refractivity contribution in [3.05, 3.63) is 66.0 Å². The van der Waals surface area contributed by atoms with Gasteiger partial charge in [-0.25, -0.2) is 8.42 Å². The molecule has 0 radical (unpaired) electrons. The molecule has 0 spiro atoms. The second kappa shape index (κ2) is 10.4. The lowest BCUT2D eigenvalue weighted by Crippen LogP contribution is -2.33. The molecule has 0 unspecified atom stereocenters. The lowest BCUT2D eigenvalue weighted by molar-refractivity contribution is -0.147. The maximum absolute atomic E-state index is 11.9. The highest BCUT2D eigenvalue weighted by atomic mass is 35.5. The Morgan fingerprint density at radius 3 is 2.50 bits per heavy atom. The monoisotopic (exact) mass is 399 g/mol. The summed E-state index contributed by atoms with van der Waals surface area (Å²) in [6, 6.07) is 7.53. The van der Waals surface area contributed by atoms with Crippen molar-refractivity contribution in [1.29, 1.82) is 0 Å². The lowest BCUT2D eigenvalue weighted by Gasteiger charge is -2.08. The van der Waals surface area contributed by atoms with Gasteiger partial charge < -0.3 is 15.8 Å². The van der Waals surface area contributed by atoms with E-state index in [0.717, 1.165) is 6.20 Å². The van der Waals surface area contributed by atoms with Crippen LogP contribution in [0, 0.1) is 0 Å². The molecule has 140 valence electrons. The van der Waals surface area contributed by atoms with E-state index < -0.39 is 35.1 Å². The Labute approximate surface area is 156 Å². The van der Waals surface area contributed by atoms with Crippen molar-refractivity contribution < 1.29 is 22.7 Å². The number of nitrogens with two attached hydrogens (primary N) is 1. The number of esters is 1. The van der Waals surface area contributed by atoms with Crippen molar-refractivity contribution in [2.45, 2.75) is 4.90 Å². The summed E-state index contributed by atoms with van der Waals surface area (Å²) < 4.78 is 30.6. The number of hydrogen-bond donors (Lipinski definition) is 3. The van der Waals surface area contributed by atoms with Gasteiger partial charge in [-0.05, 0) is 24.3 Å². The van der Waals surface area contributed by atoms with Gasteiger partial charge >= 0.3 is 5.97 Å². The fourth-order valence-corrected chi connectivity index (χ4v) is 2.58. The maximum Gasteiger partial charge on any atom is 0.321 e. The third-order valence-corrected chi connectivity index (χ3v) is 4.40. The van der Waals surface area contributed by atoms with Crippen molar-refractivity contribution in [2.75, 3.05) is 13.2 Å². The van der Waals surface area contributed by atoms with Gasteiger partial charge in [0.25, 0.3) is 5.91 Å². The predicted octanol–water partition coefficient (Wildman–Crippen LogP) is 0.733. The molecular formula is C16H18ClN3O5S. The quantitative estimate of drug-likeness (QED) is 0.415. The third-order valence-electron chi connectivity index (χ3n) is 2.73. The molecule has 0 aliphatic carbocycles. The molecule has 4 N–H and O–H groups in total. The predicted molar refractivity (Wildman–Crippen MR) is 97.1 cm³/mol. The highest BCUT2D eigenvalue weighted by Crippen LogP contribution is 2.06. The number of amides is 1. The Morgan fingerprint density at radius 1 is 1.23 bits per heavy atom. The zero-order valence-corrected chi connectivity index (χ0v) is 15.2. The number of sulfonamides is 1. The lowest BCUT2D eigenvalue weighted by atomic mass is 10.4. The number of carbonyl (C=O) groups excluding carboxylic acids is 2. The Morgan fingerprint density at radius 2 is 1.88 bits per heavy atom. The molecule has 1 amide bonds. The van der Waals surface area contributed by atoms with Crippen molar-refractivity contribution in [2.24, 2.45) is 5.73 Å². The number of allylic oxidation sites excluding steroid dienone is 3. The van der Waals surface area contributed by atoms with E-state index in [2.05, 4.69) is 21.4 Å². The first kappa shape index (κ1) is 21.4. The Kier molecular flexibility index (Phi) is 8.56. The zero-order valence-electron chi connectivity index (χ0n) is 13.6. The molecule has 0 atom stereocenters. The van der Waals surface area contributed by atoms with Gasteiger partial charge in [-0.1, -0.05) is 36.4 Å². The Balaban J connectivity index is 2.39. The Hall–Kier alpha value is -2.62. The van der Waals surface area contributed by atoms with Crippen LogP contribution in [0.2, 0.25) is 0 Å². The van der Waals surface area contributed by atoms with Crippen LogP contribution in [0.15, 0.2) is 70.9 Å². The summed E-state index contributed by atoms with van der Waals surface area (Å²) in [6.45, 7) is 2.35. The topological polar surface area (TPSA) is 128 Å². The van der Waals surface area contributed by atoms with Crippen LogP contribution >= 0.6 is 11.6 Å². The van der Waals surface area contributed by atoms with Gasteiger partial charge in [0.2, 0.25) is 10.0 Å². The van der Waals surface area contributed by atoms with Crippen LogP contribution < -0.4 is 15.8 Å². The molecule has 8 nitrogen and oxygen atoms in total. The van der Waals surface area contributed by atoms with Gasteiger partial charge in [-0.2, -0.15) is 4.72 Å². The molecule has 1 aromatic rings. The summed E-state index contributed by atoms with van der Waals surface area (Å²) in [7, 11) is -3.83. The van der Waals surface area contributed by atoms with E-state index in [1.54, 1.807) is 18.2 Å². The third kappa shape index (κ3) is 7.97. The molecule has 0 heterocycles. The molecule has 0 aliphatic rings. The summed E-state index contributed by atoms with van der Waals surface area (Å²) in [5, 5.41) is 2.60. The molecule has 1 aromatic carbocycles. The van der Waals surface area contributed by atoms with Crippen molar-refractivity contribution >= 4 is 33.5 Å². The van der Waals surface area contributed by atoms with Crippen molar-refractivity contribution in [1.82, 2.24) is 10.0 Å². The summed E-state index contributed by atoms with van der Waals surface area (Å²) >= 11 is 5.63. The number of benzene rings is 1. The van der Waals surface area contributed by atoms with E-state index in [-0.39, 0.29) is 15.6 Å². The van der Waals surface area contributed by atoms with E-state index in [1.807, 2.05) is 0 Å². The molecule has 0 fully saturated rings. The minimum atomic E-state index is -3.83. The molecule has 10 heteroatoms. The SMILES string of the molecule is C=C(/C=C\C(Cl)=C/N)NC(=O)COC(=O)CNS(=O)(=O)c1ccccc1. The highest BCUT2D eigenvalue weighted by molar-refractivity contribution is 7.89. The van der Waals surface area contributed by atoms with Gasteiger partial charge in [0.15, 0.2) is 6.61 Å². The molecule has 0 aromatic heterocycles. The first-order valence-corrected chi connectivity index (χ1v) is 9.05. The summed E-state index contributed by atoms with van der Waals surface area (Å²) in [5.41, 5.74) is 5.37. The molecule has 0 saturated carbocycles. The van der Waals surface area contributed by atoms with Crippen LogP contribution in [-0.2, 0) is 24.3 Å². The minimum Gasteiger partial charge on any atom is -0.455 e. The van der Waals surface area contributed by atoms with Crippen LogP contribution in [0.4, 0.5) is 0 Å². The van der Waals surface area contributed by atoms with E-state index in [9.17, 15) is 18.0 Å². The van der Waals surface area contributed by atoms with E-state index in [1.165, 1.54) is 24.3 Å². The van der Waals surface area contributed by atoms with Crippen molar-refractivity contribution in [3.63, 3.8) is 0 Å². The van der Waals surface area contributed by atoms with Gasteiger partial charge in [0.05, 0.1) is 9.93 Å². The van der Waals surface area contributed by atoms with E-state index in [4.69, 9.17) is 17.3 Å². The summed E-state index contributed by atoms with van der Waals surface area (Å²) in [6.07, 6.45) is 3.97. The number of rotatable bonds is 9. The second-order valence-electron chi connectivity index (χ2n) is 4.76. The van der Waals surface area contributed by atoms with Gasteiger partial charge in [-0.3, -0.25) is 9.59 Å². The average molecular weight is 400 g/mol. The first-order chi connectivity index (χ1) is 12.2. The van der Waals surface area contributed by atoms with Crippen molar-refractivity contribution in [3.8, 4) is 0 Å². The zero-order chi connectivity index (χ0) is 19.6. The molecule has 0 saturated heterocycles. The first-order valence-electron chi connectivity index (χ1n) is 7.19. The van der Waals surface area contributed by atoms with E-state index in [0.29, 0.717) is 0 Å². The van der Waals surface area contributed by atoms with Crippen LogP contribution in [0.3, 0.4) is 0 Å². The number of carbonyl (C=O) groups is 2. The second-order valence-corrected chi connectivity index (χ2v) is 6.96.